The third kappa shape index (κ3) is 2.94. The second kappa shape index (κ2) is 5.67. The Morgan fingerprint density at radius 3 is 2.75 bits per heavy atom. The molecule has 1 aliphatic heterocycles. The van der Waals surface area contributed by atoms with Crippen LogP contribution in [0.25, 0.3) is 0 Å². The minimum Gasteiger partial charge on any atom is -0.258 e. The minimum atomic E-state index is -3.70. The first-order chi connectivity index (χ1) is 9.32. The average molecular weight is 319 g/mol. The molecule has 1 unspecified atom stereocenters. The molecule has 1 aromatic carbocycles. The Morgan fingerprint density at radius 1 is 1.45 bits per heavy atom. The van der Waals surface area contributed by atoms with E-state index in [4.69, 9.17) is 11.6 Å². The van der Waals surface area contributed by atoms with Gasteiger partial charge in [0, 0.05) is 19.2 Å². The van der Waals surface area contributed by atoms with Gasteiger partial charge < -0.3 is 0 Å². The molecular formula is C12H15ClN2O4S. The molecule has 20 heavy (non-hydrogen) atoms. The summed E-state index contributed by atoms with van der Waals surface area (Å²) in [5, 5.41) is 10.8. The standard InChI is InChI=1S/C12H15ClN2O4S/c1-9-3-2-6-14(8-9)20(18,19)10-4-5-11(13)12(7-10)15(16)17/h4-5,7,9H,2-3,6,8H2,1H3. The van der Waals surface area contributed by atoms with Crippen molar-refractivity contribution in [2.45, 2.75) is 24.7 Å². The fourth-order valence-corrected chi connectivity index (χ4v) is 4.11. The molecule has 6 nitrogen and oxygen atoms in total. The fraction of sp³-hybridized carbons (Fsp3) is 0.500. The lowest BCUT2D eigenvalue weighted by Crippen LogP contribution is -2.39. The summed E-state index contributed by atoms with van der Waals surface area (Å²) in [6.07, 6.45) is 1.79. The van der Waals surface area contributed by atoms with Crippen LogP contribution in [0.2, 0.25) is 5.02 Å². The molecule has 0 N–H and O–H groups in total. The van der Waals surface area contributed by atoms with Gasteiger partial charge in [0.15, 0.2) is 0 Å². The number of hydrogen-bond acceptors (Lipinski definition) is 4. The van der Waals surface area contributed by atoms with Gasteiger partial charge in [-0.3, -0.25) is 10.1 Å². The van der Waals surface area contributed by atoms with Crippen LogP contribution < -0.4 is 0 Å². The Hall–Kier alpha value is -1.18. The van der Waals surface area contributed by atoms with Crippen LogP contribution in [-0.2, 0) is 10.0 Å². The van der Waals surface area contributed by atoms with E-state index in [1.165, 1.54) is 16.4 Å². The average Bonchev–Trinajstić information content (AvgIpc) is 2.38. The summed E-state index contributed by atoms with van der Waals surface area (Å²) >= 11 is 5.70. The molecule has 0 radical (unpaired) electrons. The summed E-state index contributed by atoms with van der Waals surface area (Å²) in [5.74, 6) is 0.292. The van der Waals surface area contributed by atoms with Crippen molar-refractivity contribution < 1.29 is 13.3 Å². The summed E-state index contributed by atoms with van der Waals surface area (Å²) in [7, 11) is -3.70. The number of sulfonamides is 1. The van der Waals surface area contributed by atoms with Crippen molar-refractivity contribution in [2.24, 2.45) is 5.92 Å². The van der Waals surface area contributed by atoms with Crippen LogP contribution in [0, 0.1) is 16.0 Å². The summed E-state index contributed by atoms with van der Waals surface area (Å²) in [5.41, 5.74) is -0.391. The molecule has 2 rings (SSSR count). The molecule has 1 atom stereocenters. The molecule has 1 heterocycles. The Kier molecular flexibility index (Phi) is 4.31. The van der Waals surface area contributed by atoms with Gasteiger partial charge in [0.05, 0.1) is 9.82 Å². The Balaban J connectivity index is 2.39. The lowest BCUT2D eigenvalue weighted by Gasteiger charge is -2.29. The van der Waals surface area contributed by atoms with Crippen molar-refractivity contribution >= 4 is 27.3 Å². The molecule has 1 aliphatic rings. The van der Waals surface area contributed by atoms with E-state index < -0.39 is 20.6 Å². The molecule has 0 saturated carbocycles. The molecule has 8 heteroatoms. The Morgan fingerprint density at radius 2 is 2.15 bits per heavy atom. The molecule has 0 aliphatic carbocycles. The number of nitro groups is 1. The maximum absolute atomic E-state index is 12.5. The Labute approximate surface area is 122 Å². The number of hydrogen-bond donors (Lipinski definition) is 0. The quantitative estimate of drug-likeness (QED) is 0.634. The summed E-state index contributed by atoms with van der Waals surface area (Å²) in [4.78, 5) is 10.1. The smallest absolute Gasteiger partial charge is 0.258 e. The lowest BCUT2D eigenvalue weighted by atomic mass is 10.0. The van der Waals surface area contributed by atoms with E-state index in [0.29, 0.717) is 19.0 Å². The van der Waals surface area contributed by atoms with Gasteiger partial charge in [-0.15, -0.1) is 0 Å². The van der Waals surface area contributed by atoms with Gasteiger partial charge in [0.1, 0.15) is 5.02 Å². The van der Waals surface area contributed by atoms with Crippen LogP contribution in [0.5, 0.6) is 0 Å². The van der Waals surface area contributed by atoms with E-state index in [-0.39, 0.29) is 9.92 Å². The number of rotatable bonds is 3. The molecule has 1 fully saturated rings. The fourth-order valence-electron chi connectivity index (χ4n) is 2.31. The SMILES string of the molecule is CC1CCCN(S(=O)(=O)c2ccc(Cl)c([N+](=O)[O-])c2)C1. The molecule has 0 spiro atoms. The maximum atomic E-state index is 12.5. The highest BCUT2D eigenvalue weighted by molar-refractivity contribution is 7.89. The maximum Gasteiger partial charge on any atom is 0.289 e. The van der Waals surface area contributed by atoms with Crippen LogP contribution in [0.1, 0.15) is 19.8 Å². The van der Waals surface area contributed by atoms with Crippen LogP contribution in [0.3, 0.4) is 0 Å². The third-order valence-electron chi connectivity index (χ3n) is 3.37. The van der Waals surface area contributed by atoms with Crippen molar-refractivity contribution in [2.75, 3.05) is 13.1 Å². The van der Waals surface area contributed by atoms with E-state index in [1.807, 2.05) is 6.92 Å². The molecule has 0 aromatic heterocycles. The van der Waals surface area contributed by atoms with E-state index in [2.05, 4.69) is 0 Å². The monoisotopic (exact) mass is 318 g/mol. The first-order valence-corrected chi connectivity index (χ1v) is 8.08. The highest BCUT2D eigenvalue weighted by atomic mass is 35.5. The van der Waals surface area contributed by atoms with Crippen LogP contribution >= 0.6 is 11.6 Å². The zero-order valence-electron chi connectivity index (χ0n) is 11.0. The minimum absolute atomic E-state index is 0.0686. The van der Waals surface area contributed by atoms with Gasteiger partial charge >= 0.3 is 0 Å². The van der Waals surface area contributed by atoms with Gasteiger partial charge in [-0.25, -0.2) is 8.42 Å². The van der Waals surface area contributed by atoms with E-state index >= 15 is 0 Å². The second-order valence-electron chi connectivity index (χ2n) is 4.98. The summed E-state index contributed by atoms with van der Waals surface area (Å²) in [6, 6.07) is 3.58. The first kappa shape index (κ1) is 15.2. The highest BCUT2D eigenvalue weighted by Crippen LogP contribution is 2.30. The van der Waals surface area contributed by atoms with Gasteiger partial charge in [0.2, 0.25) is 10.0 Å². The zero-order valence-corrected chi connectivity index (χ0v) is 12.5. The van der Waals surface area contributed by atoms with Gasteiger partial charge in [-0.1, -0.05) is 18.5 Å². The van der Waals surface area contributed by atoms with Gasteiger partial charge in [0.25, 0.3) is 5.69 Å². The topological polar surface area (TPSA) is 80.5 Å². The second-order valence-corrected chi connectivity index (χ2v) is 7.33. The molecular weight excluding hydrogens is 304 g/mol. The normalized spacial score (nSPS) is 20.8. The third-order valence-corrected chi connectivity index (χ3v) is 5.55. The van der Waals surface area contributed by atoms with E-state index in [0.717, 1.165) is 18.9 Å². The van der Waals surface area contributed by atoms with Crippen LogP contribution in [-0.4, -0.2) is 30.7 Å². The first-order valence-electron chi connectivity index (χ1n) is 6.26. The summed E-state index contributed by atoms with van der Waals surface area (Å²) in [6.45, 7) is 2.88. The highest BCUT2D eigenvalue weighted by Gasteiger charge is 2.30. The largest absolute Gasteiger partial charge is 0.289 e. The number of benzene rings is 1. The number of piperidine rings is 1. The molecule has 0 bridgehead atoms. The van der Waals surface area contributed by atoms with Crippen molar-refractivity contribution in [3.05, 3.63) is 33.3 Å². The molecule has 1 saturated heterocycles. The summed E-state index contributed by atoms with van der Waals surface area (Å²) < 4.78 is 26.3. The van der Waals surface area contributed by atoms with Gasteiger partial charge in [-0.2, -0.15) is 4.31 Å². The lowest BCUT2D eigenvalue weighted by molar-refractivity contribution is -0.384. The van der Waals surface area contributed by atoms with E-state index in [1.54, 1.807) is 0 Å². The van der Waals surface area contributed by atoms with Crippen molar-refractivity contribution in [1.82, 2.24) is 4.31 Å². The van der Waals surface area contributed by atoms with Crippen LogP contribution in [0.4, 0.5) is 5.69 Å². The number of halogens is 1. The predicted octanol–water partition coefficient (Wildman–Crippen LogP) is 2.67. The van der Waals surface area contributed by atoms with E-state index in [9.17, 15) is 18.5 Å². The number of nitro benzene ring substituents is 1. The van der Waals surface area contributed by atoms with Crippen molar-refractivity contribution in [1.29, 1.82) is 0 Å². The molecule has 1 aromatic rings. The zero-order chi connectivity index (χ0) is 14.9. The van der Waals surface area contributed by atoms with Crippen molar-refractivity contribution in [3.8, 4) is 0 Å². The molecule has 0 amide bonds. The van der Waals surface area contributed by atoms with Crippen LogP contribution in [0.15, 0.2) is 23.1 Å². The molecule has 110 valence electrons. The van der Waals surface area contributed by atoms with Gasteiger partial charge in [-0.05, 0) is 30.9 Å². The van der Waals surface area contributed by atoms with Crippen molar-refractivity contribution in [3.63, 3.8) is 0 Å². The Bertz CT molecular complexity index is 632. The number of nitrogens with zero attached hydrogens (tertiary/aromatic N) is 2. The predicted molar refractivity (Wildman–Crippen MR) is 75.3 cm³/mol.